The number of carbonyl (C=O) groups is 1. The van der Waals surface area contributed by atoms with Crippen LogP contribution in [0.15, 0.2) is 52.4 Å². The third-order valence-corrected chi connectivity index (χ3v) is 7.89. The molecule has 3 aromatic rings. The smallest absolute Gasteiger partial charge is 0.240 e. The molecule has 0 bridgehead atoms. The fourth-order valence-corrected chi connectivity index (χ4v) is 5.30. The molecule has 172 valence electrons. The molecular formula is C22H24N6O3S2. The van der Waals surface area contributed by atoms with Gasteiger partial charge < -0.3 is 15.5 Å². The molecule has 1 amide bonds. The monoisotopic (exact) mass is 484 g/mol. The van der Waals surface area contributed by atoms with E-state index in [1.807, 2.05) is 25.1 Å². The third-order valence-electron chi connectivity index (χ3n) is 5.28. The Labute approximate surface area is 197 Å². The van der Waals surface area contributed by atoms with E-state index in [1.54, 1.807) is 43.3 Å². The van der Waals surface area contributed by atoms with Gasteiger partial charge in [0.1, 0.15) is 5.82 Å². The van der Waals surface area contributed by atoms with Crippen LogP contribution in [0.4, 0.5) is 28.8 Å². The van der Waals surface area contributed by atoms with Gasteiger partial charge in [0, 0.05) is 35.1 Å². The Morgan fingerprint density at radius 2 is 1.76 bits per heavy atom. The van der Waals surface area contributed by atoms with Crippen LogP contribution in [0.3, 0.4) is 0 Å². The number of benzene rings is 2. The molecule has 0 fully saturated rings. The summed E-state index contributed by atoms with van der Waals surface area (Å²) in [7, 11) is -0.440. The number of thioether (sulfide) groups is 1. The fourth-order valence-electron chi connectivity index (χ4n) is 3.32. The molecule has 0 saturated heterocycles. The van der Waals surface area contributed by atoms with Gasteiger partial charge in [-0.3, -0.25) is 4.79 Å². The van der Waals surface area contributed by atoms with Crippen LogP contribution in [0.25, 0.3) is 0 Å². The van der Waals surface area contributed by atoms with E-state index in [0.29, 0.717) is 28.8 Å². The number of amides is 1. The summed E-state index contributed by atoms with van der Waals surface area (Å²) >= 11 is 1.53. The van der Waals surface area contributed by atoms with Crippen LogP contribution in [0.2, 0.25) is 0 Å². The van der Waals surface area contributed by atoms with Crippen molar-refractivity contribution in [2.24, 2.45) is 0 Å². The summed E-state index contributed by atoms with van der Waals surface area (Å²) in [6.07, 6.45) is 1.68. The van der Waals surface area contributed by atoms with Crippen molar-refractivity contribution in [1.29, 1.82) is 0 Å². The topological polar surface area (TPSA) is 116 Å². The van der Waals surface area contributed by atoms with Crippen LogP contribution >= 0.6 is 11.8 Å². The Morgan fingerprint density at radius 3 is 2.52 bits per heavy atom. The molecule has 0 saturated carbocycles. The molecule has 11 heteroatoms. The predicted octanol–water partition coefficient (Wildman–Crippen LogP) is 3.56. The first-order valence-corrected chi connectivity index (χ1v) is 12.6. The van der Waals surface area contributed by atoms with Gasteiger partial charge in [0.25, 0.3) is 0 Å². The first-order chi connectivity index (χ1) is 15.7. The Balaban J connectivity index is 1.60. The van der Waals surface area contributed by atoms with Gasteiger partial charge in [-0.05, 0) is 56.8 Å². The van der Waals surface area contributed by atoms with E-state index in [9.17, 15) is 13.2 Å². The van der Waals surface area contributed by atoms with E-state index in [-0.39, 0.29) is 10.8 Å². The number of fused-ring (bicyclic) bond motifs is 1. The van der Waals surface area contributed by atoms with Gasteiger partial charge in [0.05, 0.1) is 16.3 Å². The molecule has 1 aliphatic rings. The maximum Gasteiger partial charge on any atom is 0.240 e. The number of sulfonamides is 1. The fraction of sp³-hybridized carbons (Fsp3) is 0.227. The second-order valence-electron chi connectivity index (χ2n) is 7.59. The minimum Gasteiger partial charge on any atom is -0.340 e. The van der Waals surface area contributed by atoms with E-state index in [1.165, 1.54) is 18.8 Å². The normalized spacial score (nSPS) is 13.6. The number of carbonyl (C=O) groups excluding carboxylic acids is 1. The van der Waals surface area contributed by atoms with Gasteiger partial charge in [-0.1, -0.05) is 6.07 Å². The van der Waals surface area contributed by atoms with Crippen molar-refractivity contribution in [2.75, 3.05) is 35.4 Å². The maximum atomic E-state index is 12.3. The zero-order chi connectivity index (χ0) is 23.8. The lowest BCUT2D eigenvalue weighted by Crippen LogP contribution is -2.31. The second kappa shape index (κ2) is 9.00. The first kappa shape index (κ1) is 23.0. The zero-order valence-electron chi connectivity index (χ0n) is 18.6. The molecule has 1 aliphatic heterocycles. The number of aromatic nitrogens is 2. The molecule has 0 atom stereocenters. The third kappa shape index (κ3) is 4.80. The lowest BCUT2D eigenvalue weighted by atomic mass is 10.2. The van der Waals surface area contributed by atoms with E-state index < -0.39 is 10.0 Å². The summed E-state index contributed by atoms with van der Waals surface area (Å²) in [5.74, 6) is 1.42. The molecule has 4 rings (SSSR count). The standard InChI is InChI=1S/C22H24N6O3S2/c1-13-5-6-16(10-19(13)33(30,31)23-3)26-22-24-11-14(2)21(27-22)25-15-7-8-18-17(9-15)28(4)20(29)12-32-18/h5-11,23H,12H2,1-4H3,(H2,24,25,26,27). The Morgan fingerprint density at radius 1 is 1.03 bits per heavy atom. The van der Waals surface area contributed by atoms with Crippen molar-refractivity contribution in [3.05, 3.63) is 53.7 Å². The number of hydrogen-bond acceptors (Lipinski definition) is 8. The summed E-state index contributed by atoms with van der Waals surface area (Å²) in [4.78, 5) is 23.8. The molecule has 9 nitrogen and oxygen atoms in total. The molecule has 2 heterocycles. The molecule has 33 heavy (non-hydrogen) atoms. The van der Waals surface area contributed by atoms with E-state index in [0.717, 1.165) is 21.8 Å². The number of nitrogens with zero attached hydrogens (tertiary/aromatic N) is 3. The van der Waals surface area contributed by atoms with Crippen molar-refractivity contribution in [1.82, 2.24) is 14.7 Å². The lowest BCUT2D eigenvalue weighted by molar-refractivity contribution is -0.116. The highest BCUT2D eigenvalue weighted by molar-refractivity contribution is 8.00. The van der Waals surface area contributed by atoms with Gasteiger partial charge >= 0.3 is 0 Å². The van der Waals surface area contributed by atoms with Crippen molar-refractivity contribution in [2.45, 2.75) is 23.6 Å². The lowest BCUT2D eigenvalue weighted by Gasteiger charge is -2.25. The van der Waals surface area contributed by atoms with Crippen LogP contribution in [-0.4, -0.2) is 44.1 Å². The van der Waals surface area contributed by atoms with E-state index >= 15 is 0 Å². The largest absolute Gasteiger partial charge is 0.340 e. The minimum atomic E-state index is -3.59. The summed E-state index contributed by atoms with van der Waals surface area (Å²) in [5, 5.41) is 6.37. The first-order valence-electron chi connectivity index (χ1n) is 10.1. The van der Waals surface area contributed by atoms with Crippen molar-refractivity contribution < 1.29 is 13.2 Å². The maximum absolute atomic E-state index is 12.3. The number of rotatable bonds is 6. The van der Waals surface area contributed by atoms with E-state index in [2.05, 4.69) is 25.3 Å². The van der Waals surface area contributed by atoms with Gasteiger partial charge in [-0.2, -0.15) is 4.98 Å². The van der Waals surface area contributed by atoms with Gasteiger partial charge in [-0.15, -0.1) is 11.8 Å². The zero-order valence-corrected chi connectivity index (χ0v) is 20.3. The van der Waals surface area contributed by atoms with Crippen LogP contribution in [0.1, 0.15) is 11.1 Å². The van der Waals surface area contributed by atoms with Crippen molar-refractivity contribution >= 4 is 56.5 Å². The van der Waals surface area contributed by atoms with Crippen molar-refractivity contribution in [3.63, 3.8) is 0 Å². The SMILES string of the molecule is CNS(=O)(=O)c1cc(Nc2ncc(C)c(Nc3ccc4c(c3)N(C)C(=O)CS4)n2)ccc1C. The van der Waals surface area contributed by atoms with Crippen LogP contribution in [0.5, 0.6) is 0 Å². The minimum absolute atomic E-state index is 0.0621. The van der Waals surface area contributed by atoms with Crippen LogP contribution in [0, 0.1) is 13.8 Å². The highest BCUT2D eigenvalue weighted by Crippen LogP contribution is 2.37. The molecule has 3 N–H and O–H groups in total. The number of hydrogen-bond donors (Lipinski definition) is 3. The molecule has 0 unspecified atom stereocenters. The summed E-state index contributed by atoms with van der Waals surface area (Å²) in [6, 6.07) is 10.9. The van der Waals surface area contributed by atoms with Gasteiger partial charge in [0.15, 0.2) is 0 Å². The van der Waals surface area contributed by atoms with Gasteiger partial charge in [-0.25, -0.2) is 18.1 Å². The molecule has 0 aliphatic carbocycles. The highest BCUT2D eigenvalue weighted by Gasteiger charge is 2.22. The summed E-state index contributed by atoms with van der Waals surface area (Å²) in [5.41, 5.74) is 3.66. The number of anilines is 5. The van der Waals surface area contributed by atoms with Crippen molar-refractivity contribution in [3.8, 4) is 0 Å². The number of aryl methyl sites for hydroxylation is 2. The molecule has 1 aromatic heterocycles. The van der Waals surface area contributed by atoms with E-state index in [4.69, 9.17) is 0 Å². The summed E-state index contributed by atoms with van der Waals surface area (Å²) < 4.78 is 26.9. The second-order valence-corrected chi connectivity index (χ2v) is 10.5. The van der Waals surface area contributed by atoms with Crippen LogP contribution < -0.4 is 20.3 Å². The average Bonchev–Trinajstić information content (AvgIpc) is 2.80. The Bertz CT molecular complexity index is 1340. The Kier molecular flexibility index (Phi) is 6.28. The predicted molar refractivity (Wildman–Crippen MR) is 131 cm³/mol. The van der Waals surface area contributed by atoms with Crippen LogP contribution in [-0.2, 0) is 14.8 Å². The Hall–Kier alpha value is -3.15. The summed E-state index contributed by atoms with van der Waals surface area (Å²) in [6.45, 7) is 3.62. The quantitative estimate of drug-likeness (QED) is 0.486. The molecular weight excluding hydrogens is 460 g/mol. The molecule has 0 radical (unpaired) electrons. The number of nitrogens with one attached hydrogen (secondary N) is 3. The molecule has 0 spiro atoms. The molecule has 2 aromatic carbocycles. The van der Waals surface area contributed by atoms with Gasteiger partial charge in [0.2, 0.25) is 21.9 Å². The average molecular weight is 485 g/mol. The highest BCUT2D eigenvalue weighted by atomic mass is 32.2.